The van der Waals surface area contributed by atoms with Gasteiger partial charge >= 0.3 is 145 Å². The molecular weight excluding hydrogens is 378 g/mol. The molecule has 3 unspecified atom stereocenters. The van der Waals surface area contributed by atoms with Crippen molar-refractivity contribution >= 4 is 20.1 Å². The van der Waals surface area contributed by atoms with Crippen molar-refractivity contribution in [3.63, 3.8) is 0 Å². The van der Waals surface area contributed by atoms with Crippen molar-refractivity contribution in [1.82, 2.24) is 9.97 Å². The van der Waals surface area contributed by atoms with E-state index in [9.17, 15) is 13.2 Å². The summed E-state index contributed by atoms with van der Waals surface area (Å²) in [4.78, 5) is 7.48. The van der Waals surface area contributed by atoms with Crippen molar-refractivity contribution in [2.75, 3.05) is 0 Å². The van der Waals surface area contributed by atoms with Crippen LogP contribution in [0.3, 0.4) is 0 Å². The van der Waals surface area contributed by atoms with Crippen LogP contribution in [0.2, 0.25) is 4.71 Å². The Morgan fingerprint density at radius 2 is 2.12 bits per heavy atom. The standard InChI is InChI=1S/C17H17AsF3N3/c19-17(20,21)15-9-14(5-4-12(15)10-22)18-13-3-1-2-11(8-13)16-23-6-7-24-16/h4-7,9,11,13,18H,1-3,8H2,(H,23,24). The summed E-state index contributed by atoms with van der Waals surface area (Å²) in [6, 6.07) is 5.84. The molecule has 3 nitrogen and oxygen atoms in total. The van der Waals surface area contributed by atoms with E-state index in [1.54, 1.807) is 18.3 Å². The fraction of sp³-hybridized carbons (Fsp3) is 0.412. The summed E-state index contributed by atoms with van der Waals surface area (Å²) in [5, 5.41) is 8.88. The van der Waals surface area contributed by atoms with Gasteiger partial charge in [-0.3, -0.25) is 0 Å². The van der Waals surface area contributed by atoms with Crippen LogP contribution >= 0.6 is 0 Å². The number of hydrogen-bond acceptors (Lipinski definition) is 2. The predicted octanol–water partition coefficient (Wildman–Crippen LogP) is 3.51. The van der Waals surface area contributed by atoms with Gasteiger partial charge in [-0.1, -0.05) is 0 Å². The second-order valence-corrected chi connectivity index (χ2v) is 9.58. The number of H-pyrrole nitrogens is 1. The van der Waals surface area contributed by atoms with Crippen molar-refractivity contribution in [1.29, 1.82) is 5.26 Å². The molecule has 2 aromatic rings. The van der Waals surface area contributed by atoms with Gasteiger partial charge in [-0.05, 0) is 0 Å². The van der Waals surface area contributed by atoms with Crippen LogP contribution < -0.4 is 4.35 Å². The Hall–Kier alpha value is -1.73. The number of hydrogen-bond donors (Lipinski definition) is 1. The molecule has 1 saturated carbocycles. The molecule has 1 fully saturated rings. The molecular formula is C17H17AsF3N3. The number of nitrogens with zero attached hydrogens (tertiary/aromatic N) is 2. The van der Waals surface area contributed by atoms with Crippen LogP contribution in [-0.2, 0) is 6.18 Å². The molecule has 1 heterocycles. The van der Waals surface area contributed by atoms with E-state index in [0.717, 1.165) is 35.9 Å². The summed E-state index contributed by atoms with van der Waals surface area (Å²) in [6.07, 6.45) is 3.29. The summed E-state index contributed by atoms with van der Waals surface area (Å²) in [5.41, 5.74) is -1.10. The van der Waals surface area contributed by atoms with Gasteiger partial charge in [0.2, 0.25) is 0 Å². The van der Waals surface area contributed by atoms with Crippen LogP contribution in [0, 0.1) is 11.3 Å². The molecule has 126 valence electrons. The predicted molar refractivity (Wildman–Crippen MR) is 86.5 cm³/mol. The Morgan fingerprint density at radius 1 is 1.29 bits per heavy atom. The Labute approximate surface area is 145 Å². The molecule has 0 aliphatic heterocycles. The molecule has 3 rings (SSSR count). The molecule has 0 saturated heterocycles. The van der Waals surface area contributed by atoms with Gasteiger partial charge in [0.15, 0.2) is 0 Å². The average Bonchev–Trinajstić information content (AvgIpc) is 3.09. The maximum atomic E-state index is 13.1. The number of alkyl halides is 3. The van der Waals surface area contributed by atoms with E-state index < -0.39 is 27.5 Å². The second kappa shape index (κ2) is 7.02. The molecule has 0 bridgehead atoms. The zero-order valence-corrected chi connectivity index (χ0v) is 15.0. The number of halogens is 3. The van der Waals surface area contributed by atoms with Crippen LogP contribution in [0.25, 0.3) is 0 Å². The number of rotatable bonds is 3. The van der Waals surface area contributed by atoms with Gasteiger partial charge < -0.3 is 0 Å². The maximum absolute atomic E-state index is 13.1. The van der Waals surface area contributed by atoms with Gasteiger partial charge in [-0.15, -0.1) is 0 Å². The van der Waals surface area contributed by atoms with Crippen LogP contribution in [-0.4, -0.2) is 25.7 Å². The molecule has 0 radical (unpaired) electrons. The third kappa shape index (κ3) is 3.84. The van der Waals surface area contributed by atoms with Crippen LogP contribution in [0.1, 0.15) is 48.6 Å². The van der Waals surface area contributed by atoms with Gasteiger partial charge in [-0.2, -0.15) is 0 Å². The van der Waals surface area contributed by atoms with E-state index in [2.05, 4.69) is 9.97 Å². The fourth-order valence-corrected chi connectivity index (χ4v) is 6.69. The normalized spacial score (nSPS) is 21.9. The van der Waals surface area contributed by atoms with E-state index in [1.807, 2.05) is 6.20 Å². The van der Waals surface area contributed by atoms with Gasteiger partial charge in [0.1, 0.15) is 0 Å². The Bertz CT molecular complexity index is 735. The first-order valence-corrected chi connectivity index (χ1v) is 10.1. The third-order valence-electron chi connectivity index (χ3n) is 4.40. The molecule has 1 aromatic carbocycles. The van der Waals surface area contributed by atoms with E-state index in [4.69, 9.17) is 5.26 Å². The first kappa shape index (κ1) is 17.1. The number of nitrogens with one attached hydrogen (secondary N) is 1. The number of benzene rings is 1. The summed E-state index contributed by atoms with van der Waals surface area (Å²) in [7, 11) is 0. The first-order chi connectivity index (χ1) is 11.5. The number of aromatic amines is 1. The fourth-order valence-electron chi connectivity index (χ4n) is 3.27. The minimum absolute atomic E-state index is 0.296. The molecule has 1 aliphatic carbocycles. The molecule has 7 heteroatoms. The minimum atomic E-state index is -4.48. The summed E-state index contributed by atoms with van der Waals surface area (Å²) in [5.74, 6) is 1.37. The van der Waals surface area contributed by atoms with Crippen molar-refractivity contribution in [3.05, 3.63) is 47.5 Å². The summed E-state index contributed by atoms with van der Waals surface area (Å²) >= 11 is -0.688. The van der Waals surface area contributed by atoms with Crippen molar-refractivity contribution in [2.45, 2.75) is 42.5 Å². The molecule has 1 aliphatic rings. The van der Waals surface area contributed by atoms with E-state index in [1.165, 1.54) is 12.1 Å². The quantitative estimate of drug-likeness (QED) is 0.809. The van der Waals surface area contributed by atoms with Crippen LogP contribution in [0.4, 0.5) is 13.2 Å². The number of nitriles is 1. The molecule has 24 heavy (non-hydrogen) atoms. The molecule has 0 spiro atoms. The third-order valence-corrected chi connectivity index (χ3v) is 7.71. The molecule has 1 N–H and O–H groups in total. The average molecular weight is 395 g/mol. The van der Waals surface area contributed by atoms with Crippen molar-refractivity contribution in [3.8, 4) is 6.07 Å². The molecule has 1 aromatic heterocycles. The monoisotopic (exact) mass is 395 g/mol. The van der Waals surface area contributed by atoms with Crippen LogP contribution in [0.15, 0.2) is 30.6 Å². The van der Waals surface area contributed by atoms with E-state index >= 15 is 0 Å². The molecule has 0 amide bonds. The topological polar surface area (TPSA) is 52.5 Å². The van der Waals surface area contributed by atoms with E-state index in [-0.39, 0.29) is 5.56 Å². The number of aromatic nitrogens is 2. The Kier molecular flexibility index (Phi) is 5.01. The summed E-state index contributed by atoms with van der Waals surface area (Å²) < 4.78 is 40.5. The Balaban J connectivity index is 1.75. The van der Waals surface area contributed by atoms with Gasteiger partial charge in [0.05, 0.1) is 0 Å². The molecule has 3 atom stereocenters. The summed E-state index contributed by atoms with van der Waals surface area (Å²) in [6.45, 7) is 0. The van der Waals surface area contributed by atoms with Gasteiger partial charge in [0.25, 0.3) is 0 Å². The van der Waals surface area contributed by atoms with Crippen molar-refractivity contribution < 1.29 is 13.2 Å². The zero-order valence-electron chi connectivity index (χ0n) is 12.9. The van der Waals surface area contributed by atoms with Gasteiger partial charge in [0, 0.05) is 0 Å². The first-order valence-electron chi connectivity index (χ1n) is 7.84. The second-order valence-electron chi connectivity index (χ2n) is 6.05. The van der Waals surface area contributed by atoms with E-state index in [0.29, 0.717) is 10.6 Å². The zero-order chi connectivity index (χ0) is 17.2. The van der Waals surface area contributed by atoms with Gasteiger partial charge in [-0.25, -0.2) is 0 Å². The Morgan fingerprint density at radius 3 is 2.79 bits per heavy atom. The van der Waals surface area contributed by atoms with Crippen LogP contribution in [0.5, 0.6) is 0 Å². The van der Waals surface area contributed by atoms with Crippen molar-refractivity contribution in [2.24, 2.45) is 0 Å². The number of imidazole rings is 1. The SMILES string of the molecule is N#Cc1ccc([AsH]C2CCCC(c3ncc[nH]3)C2)cc1C(F)(F)F.